The molecule has 27 heavy (non-hydrogen) atoms. The summed E-state index contributed by atoms with van der Waals surface area (Å²) in [4.78, 5) is 22.2. The molecule has 0 amide bonds. The maximum absolute atomic E-state index is 12.7. The molecule has 0 aliphatic heterocycles. The first-order chi connectivity index (χ1) is 13.1. The summed E-state index contributed by atoms with van der Waals surface area (Å²) in [5, 5.41) is 0. The predicted molar refractivity (Wildman–Crippen MR) is 109 cm³/mol. The van der Waals surface area contributed by atoms with Crippen LogP contribution in [0.5, 0.6) is 0 Å². The average Bonchev–Trinajstić information content (AvgIpc) is 2.95. The number of carbonyl (C=O) groups is 1. The van der Waals surface area contributed by atoms with Gasteiger partial charge in [0.05, 0.1) is 17.6 Å². The fourth-order valence-corrected chi connectivity index (χ4v) is 3.42. The Morgan fingerprint density at radius 3 is 2.52 bits per heavy atom. The lowest BCUT2D eigenvalue weighted by Gasteiger charge is -2.16. The molecule has 2 N–H and O–H groups in total. The van der Waals surface area contributed by atoms with E-state index in [2.05, 4.69) is 13.8 Å². The van der Waals surface area contributed by atoms with Crippen LogP contribution in [-0.4, -0.2) is 27.1 Å². The second kappa shape index (κ2) is 8.37. The predicted octanol–water partition coefficient (Wildman–Crippen LogP) is 4.87. The fraction of sp³-hybridized carbons (Fsp3) is 0.476. The second-order valence-electron chi connectivity index (χ2n) is 7.00. The van der Waals surface area contributed by atoms with Crippen molar-refractivity contribution in [2.45, 2.75) is 58.9 Å². The number of nitrogens with two attached hydrogens (primary N) is 1. The Hall–Kier alpha value is -2.63. The monoisotopic (exact) mass is 368 g/mol. The molecule has 6 heteroatoms. The molecule has 0 spiro atoms. The number of esters is 1. The van der Waals surface area contributed by atoms with Gasteiger partial charge in [0.2, 0.25) is 0 Å². The van der Waals surface area contributed by atoms with Crippen molar-refractivity contribution in [3.8, 4) is 0 Å². The zero-order valence-corrected chi connectivity index (χ0v) is 16.4. The molecule has 0 aliphatic rings. The number of para-hydroxylation sites is 2. The van der Waals surface area contributed by atoms with E-state index in [-0.39, 0.29) is 6.04 Å². The van der Waals surface area contributed by atoms with Crippen molar-refractivity contribution >= 4 is 34.0 Å². The van der Waals surface area contributed by atoms with Crippen molar-refractivity contribution in [3.05, 3.63) is 29.8 Å². The summed E-state index contributed by atoms with van der Waals surface area (Å²) in [6.45, 7) is 6.62. The Labute approximate surface area is 159 Å². The Balaban J connectivity index is 2.16. The van der Waals surface area contributed by atoms with Crippen LogP contribution in [0.25, 0.3) is 22.2 Å². The average molecular weight is 368 g/mol. The fourth-order valence-electron chi connectivity index (χ4n) is 3.42. The number of fused-ring (bicyclic) bond motifs is 2. The number of carbonyl (C=O) groups excluding carboxylic acids is 1. The zero-order chi connectivity index (χ0) is 19.4. The molecule has 0 saturated heterocycles. The minimum atomic E-state index is -0.427. The van der Waals surface area contributed by atoms with Crippen LogP contribution in [0.2, 0.25) is 0 Å². The van der Waals surface area contributed by atoms with E-state index in [4.69, 9.17) is 20.4 Å². The topological polar surface area (TPSA) is 83.0 Å². The van der Waals surface area contributed by atoms with E-state index >= 15 is 0 Å². The van der Waals surface area contributed by atoms with Crippen LogP contribution >= 0.6 is 0 Å². The number of hydrogen-bond donors (Lipinski definition) is 1. The smallest absolute Gasteiger partial charge is 0.344 e. The van der Waals surface area contributed by atoms with Gasteiger partial charge in [-0.25, -0.2) is 14.8 Å². The molecule has 2 aromatic heterocycles. The molecule has 6 nitrogen and oxygen atoms in total. The van der Waals surface area contributed by atoms with Gasteiger partial charge in [0, 0.05) is 6.04 Å². The Morgan fingerprint density at radius 2 is 1.85 bits per heavy atom. The van der Waals surface area contributed by atoms with Crippen molar-refractivity contribution < 1.29 is 9.53 Å². The van der Waals surface area contributed by atoms with Gasteiger partial charge < -0.3 is 15.0 Å². The molecule has 1 aromatic carbocycles. The van der Waals surface area contributed by atoms with Crippen LogP contribution in [0.4, 0.5) is 5.82 Å². The molecule has 2 heterocycles. The molecule has 1 unspecified atom stereocenters. The van der Waals surface area contributed by atoms with Crippen LogP contribution in [0.3, 0.4) is 0 Å². The van der Waals surface area contributed by atoms with Gasteiger partial charge in [0.15, 0.2) is 5.65 Å². The summed E-state index contributed by atoms with van der Waals surface area (Å²) in [6, 6.07) is 7.78. The lowest BCUT2D eigenvalue weighted by atomic mass is 10.1. The number of hydrogen-bond acceptors (Lipinski definition) is 5. The molecule has 3 rings (SSSR count). The van der Waals surface area contributed by atoms with Gasteiger partial charge in [0.1, 0.15) is 16.9 Å². The van der Waals surface area contributed by atoms with Crippen LogP contribution in [0.1, 0.15) is 69.3 Å². The third kappa shape index (κ3) is 3.75. The van der Waals surface area contributed by atoms with E-state index in [1.807, 2.05) is 35.8 Å². The first kappa shape index (κ1) is 19.1. The normalized spacial score (nSPS) is 12.6. The molecular weight excluding hydrogens is 340 g/mol. The maximum Gasteiger partial charge on any atom is 0.344 e. The summed E-state index contributed by atoms with van der Waals surface area (Å²) in [5.74, 6) is -0.0335. The SMILES string of the molecule is CCCCCC(C)n1c(N)c(C(=O)OCCC)c2nc3ccccc3nc21. The van der Waals surface area contributed by atoms with E-state index in [1.165, 1.54) is 6.42 Å². The minimum absolute atomic E-state index is 0.127. The van der Waals surface area contributed by atoms with Crippen molar-refractivity contribution in [1.29, 1.82) is 0 Å². The first-order valence-electron chi connectivity index (χ1n) is 9.81. The molecule has 0 radical (unpaired) electrons. The number of nitrogens with zero attached hydrogens (tertiary/aromatic N) is 3. The maximum atomic E-state index is 12.7. The summed E-state index contributed by atoms with van der Waals surface area (Å²) < 4.78 is 7.32. The van der Waals surface area contributed by atoms with Gasteiger partial charge >= 0.3 is 5.97 Å². The van der Waals surface area contributed by atoms with Gasteiger partial charge in [-0.15, -0.1) is 0 Å². The molecule has 0 bridgehead atoms. The van der Waals surface area contributed by atoms with Crippen LogP contribution < -0.4 is 5.73 Å². The summed E-state index contributed by atoms with van der Waals surface area (Å²) in [6.07, 6.45) is 5.16. The molecule has 3 aromatic rings. The Bertz CT molecular complexity index is 948. The second-order valence-corrected chi connectivity index (χ2v) is 7.00. The highest BCUT2D eigenvalue weighted by Crippen LogP contribution is 2.33. The lowest BCUT2D eigenvalue weighted by Crippen LogP contribution is -2.12. The summed E-state index contributed by atoms with van der Waals surface area (Å²) >= 11 is 0. The quantitative estimate of drug-likeness (QED) is 0.453. The van der Waals surface area contributed by atoms with Crippen molar-refractivity contribution in [2.24, 2.45) is 0 Å². The number of nitrogen functional groups attached to an aromatic ring is 1. The van der Waals surface area contributed by atoms with Crippen LogP contribution in [0.15, 0.2) is 24.3 Å². The number of benzene rings is 1. The van der Waals surface area contributed by atoms with Gasteiger partial charge in [-0.1, -0.05) is 45.2 Å². The van der Waals surface area contributed by atoms with E-state index in [9.17, 15) is 4.79 Å². The van der Waals surface area contributed by atoms with Crippen molar-refractivity contribution in [3.63, 3.8) is 0 Å². The van der Waals surface area contributed by atoms with Crippen LogP contribution in [0, 0.1) is 0 Å². The highest BCUT2D eigenvalue weighted by atomic mass is 16.5. The molecule has 0 saturated carbocycles. The number of rotatable bonds is 8. The Kier molecular flexibility index (Phi) is 5.94. The highest BCUT2D eigenvalue weighted by molar-refractivity contribution is 6.08. The number of aromatic nitrogens is 3. The summed E-state index contributed by atoms with van der Waals surface area (Å²) in [7, 11) is 0. The largest absolute Gasteiger partial charge is 0.462 e. The molecule has 144 valence electrons. The zero-order valence-electron chi connectivity index (χ0n) is 16.4. The molecule has 1 atom stereocenters. The third-order valence-electron chi connectivity index (χ3n) is 4.84. The number of unbranched alkanes of at least 4 members (excludes halogenated alkanes) is 2. The lowest BCUT2D eigenvalue weighted by molar-refractivity contribution is 0.0508. The van der Waals surface area contributed by atoms with Crippen molar-refractivity contribution in [2.75, 3.05) is 12.3 Å². The standard InChI is InChI=1S/C21H28N4O2/c1-4-6-7-10-14(3)25-19(22)17(21(26)27-13-5-2)18-20(25)24-16-12-9-8-11-15(16)23-18/h8-9,11-12,14H,4-7,10,13,22H2,1-3H3. The van der Waals surface area contributed by atoms with Gasteiger partial charge in [-0.05, 0) is 31.9 Å². The molecule has 0 aliphatic carbocycles. The summed E-state index contributed by atoms with van der Waals surface area (Å²) in [5.41, 5.74) is 9.48. The van der Waals surface area contributed by atoms with Gasteiger partial charge in [-0.3, -0.25) is 0 Å². The van der Waals surface area contributed by atoms with E-state index in [0.29, 0.717) is 29.2 Å². The van der Waals surface area contributed by atoms with Crippen LogP contribution in [-0.2, 0) is 4.74 Å². The van der Waals surface area contributed by atoms with E-state index < -0.39 is 5.97 Å². The molecule has 0 fully saturated rings. The van der Waals surface area contributed by atoms with Crippen molar-refractivity contribution in [1.82, 2.24) is 14.5 Å². The Morgan fingerprint density at radius 1 is 1.15 bits per heavy atom. The minimum Gasteiger partial charge on any atom is -0.462 e. The first-order valence-corrected chi connectivity index (χ1v) is 9.81. The highest BCUT2D eigenvalue weighted by Gasteiger charge is 2.26. The molecular formula is C21H28N4O2. The van der Waals surface area contributed by atoms with E-state index in [0.717, 1.165) is 36.7 Å². The third-order valence-corrected chi connectivity index (χ3v) is 4.84. The van der Waals surface area contributed by atoms with Gasteiger partial charge in [0.25, 0.3) is 0 Å². The number of anilines is 1. The number of ether oxygens (including phenoxy) is 1. The van der Waals surface area contributed by atoms with E-state index in [1.54, 1.807) is 0 Å². The van der Waals surface area contributed by atoms with Gasteiger partial charge in [-0.2, -0.15) is 0 Å².